The Hall–Kier alpha value is -1.59. The summed E-state index contributed by atoms with van der Waals surface area (Å²) in [5.41, 5.74) is 4.70. The first-order valence-electron chi connectivity index (χ1n) is 6.17. The zero-order chi connectivity index (χ0) is 14.0. The monoisotopic (exact) mass is 274 g/mol. The van der Waals surface area contributed by atoms with Crippen LogP contribution < -0.4 is 5.73 Å². The Bertz CT molecular complexity index is 482. The van der Waals surface area contributed by atoms with E-state index in [1.807, 2.05) is 0 Å². The summed E-state index contributed by atoms with van der Waals surface area (Å²) in [6, 6.07) is 0.153. The van der Waals surface area contributed by atoms with E-state index in [2.05, 4.69) is 4.99 Å². The van der Waals surface area contributed by atoms with Crippen LogP contribution in [0.2, 0.25) is 0 Å². The summed E-state index contributed by atoms with van der Waals surface area (Å²) < 4.78 is 52.9. The number of nitrogens with zero attached hydrogens (tertiary/aromatic N) is 1. The third kappa shape index (κ3) is 2.88. The molecule has 0 heterocycles. The molecule has 0 amide bonds. The van der Waals surface area contributed by atoms with E-state index < -0.39 is 29.0 Å². The average molecular weight is 274 g/mol. The van der Waals surface area contributed by atoms with Crippen molar-refractivity contribution < 1.29 is 17.6 Å². The highest BCUT2D eigenvalue weighted by Crippen LogP contribution is 2.29. The molecule has 1 saturated carbocycles. The van der Waals surface area contributed by atoms with Crippen molar-refractivity contribution >= 4 is 11.5 Å². The summed E-state index contributed by atoms with van der Waals surface area (Å²) in [7, 11) is 0. The van der Waals surface area contributed by atoms with Gasteiger partial charge in [-0.1, -0.05) is 19.3 Å². The van der Waals surface area contributed by atoms with E-state index in [0.717, 1.165) is 32.1 Å². The van der Waals surface area contributed by atoms with Crippen LogP contribution in [0.15, 0.2) is 11.1 Å². The number of hydrogen-bond donors (Lipinski definition) is 1. The lowest BCUT2D eigenvalue weighted by atomic mass is 9.88. The Kier molecular flexibility index (Phi) is 4.07. The molecule has 0 unspecified atom stereocenters. The van der Waals surface area contributed by atoms with Crippen LogP contribution in [0.5, 0.6) is 0 Å². The maximum absolute atomic E-state index is 13.4. The topological polar surface area (TPSA) is 38.4 Å². The molecule has 19 heavy (non-hydrogen) atoms. The van der Waals surface area contributed by atoms with Crippen LogP contribution in [0.3, 0.4) is 0 Å². The molecule has 2 rings (SSSR count). The van der Waals surface area contributed by atoms with Crippen molar-refractivity contribution in [2.75, 3.05) is 0 Å². The molecule has 0 saturated heterocycles. The van der Waals surface area contributed by atoms with Crippen LogP contribution in [0.4, 0.5) is 23.2 Å². The van der Waals surface area contributed by atoms with Crippen LogP contribution in [-0.2, 0) is 0 Å². The Morgan fingerprint density at radius 3 is 2.05 bits per heavy atom. The molecule has 0 radical (unpaired) electrons. The summed E-state index contributed by atoms with van der Waals surface area (Å²) >= 11 is 0. The number of amidine groups is 1. The molecule has 6 heteroatoms. The van der Waals surface area contributed by atoms with Gasteiger partial charge in [-0.15, -0.1) is 0 Å². The van der Waals surface area contributed by atoms with Gasteiger partial charge in [0, 0.05) is 12.0 Å². The van der Waals surface area contributed by atoms with Gasteiger partial charge in [0.15, 0.2) is 23.3 Å². The molecule has 104 valence electrons. The molecule has 0 atom stereocenters. The highest BCUT2D eigenvalue weighted by molar-refractivity contribution is 5.85. The molecule has 2 nitrogen and oxygen atoms in total. The zero-order valence-electron chi connectivity index (χ0n) is 10.2. The number of halogens is 4. The van der Waals surface area contributed by atoms with E-state index in [1.165, 1.54) is 0 Å². The molecule has 1 aromatic carbocycles. The Labute approximate surface area is 108 Å². The first kappa shape index (κ1) is 13.8. The normalized spacial score (nSPS) is 17.8. The van der Waals surface area contributed by atoms with Gasteiger partial charge in [0.1, 0.15) is 11.5 Å². The molecule has 0 bridgehead atoms. The summed E-state index contributed by atoms with van der Waals surface area (Å²) in [6.07, 6.45) is 4.56. The van der Waals surface area contributed by atoms with Crippen LogP contribution in [0.25, 0.3) is 0 Å². The molecular formula is C13H14F4N2. The summed E-state index contributed by atoms with van der Waals surface area (Å²) in [5.74, 6) is -6.04. The van der Waals surface area contributed by atoms with Gasteiger partial charge in [0.2, 0.25) is 0 Å². The smallest absolute Gasteiger partial charge is 0.187 e. The van der Waals surface area contributed by atoms with Crippen LogP contribution in [-0.4, -0.2) is 5.84 Å². The van der Waals surface area contributed by atoms with Crippen LogP contribution in [0.1, 0.15) is 32.1 Å². The number of rotatable bonds is 2. The molecule has 1 fully saturated rings. The molecular weight excluding hydrogens is 260 g/mol. The summed E-state index contributed by atoms with van der Waals surface area (Å²) in [4.78, 5) is 3.57. The van der Waals surface area contributed by atoms with Gasteiger partial charge in [0.25, 0.3) is 0 Å². The Morgan fingerprint density at radius 1 is 1.00 bits per heavy atom. The minimum atomic E-state index is -1.52. The lowest BCUT2D eigenvalue weighted by Gasteiger charge is -2.20. The first-order chi connectivity index (χ1) is 9.00. The van der Waals surface area contributed by atoms with Gasteiger partial charge in [-0.2, -0.15) is 0 Å². The second kappa shape index (κ2) is 5.59. The third-order valence-electron chi connectivity index (χ3n) is 3.35. The fraction of sp³-hybridized carbons (Fsp3) is 0.462. The van der Waals surface area contributed by atoms with Gasteiger partial charge < -0.3 is 5.73 Å². The van der Waals surface area contributed by atoms with Gasteiger partial charge in [0.05, 0.1) is 0 Å². The highest BCUT2D eigenvalue weighted by atomic mass is 19.2. The minimum Gasteiger partial charge on any atom is -0.387 e. The molecule has 1 aromatic rings. The Morgan fingerprint density at radius 2 is 1.53 bits per heavy atom. The second-order valence-electron chi connectivity index (χ2n) is 4.69. The van der Waals surface area contributed by atoms with E-state index in [1.54, 1.807) is 0 Å². The van der Waals surface area contributed by atoms with Gasteiger partial charge in [-0.25, -0.2) is 22.6 Å². The fourth-order valence-electron chi connectivity index (χ4n) is 2.28. The first-order valence-corrected chi connectivity index (χ1v) is 6.17. The van der Waals surface area contributed by atoms with Crippen molar-refractivity contribution in [3.8, 4) is 0 Å². The Balaban J connectivity index is 2.36. The van der Waals surface area contributed by atoms with Crippen molar-refractivity contribution in [2.24, 2.45) is 16.6 Å². The van der Waals surface area contributed by atoms with Crippen LogP contribution in [0, 0.1) is 29.2 Å². The van der Waals surface area contributed by atoms with Gasteiger partial charge in [-0.05, 0) is 12.8 Å². The molecule has 1 aliphatic carbocycles. The number of benzene rings is 1. The van der Waals surface area contributed by atoms with Crippen molar-refractivity contribution in [2.45, 2.75) is 32.1 Å². The van der Waals surface area contributed by atoms with Gasteiger partial charge >= 0.3 is 0 Å². The zero-order valence-corrected chi connectivity index (χ0v) is 10.2. The largest absolute Gasteiger partial charge is 0.387 e. The SMILES string of the molecule is NC(=Nc1c(F)c(F)cc(F)c1F)C1CCCCC1. The van der Waals surface area contributed by atoms with E-state index in [-0.39, 0.29) is 17.8 Å². The van der Waals surface area contributed by atoms with Crippen molar-refractivity contribution in [3.05, 3.63) is 29.3 Å². The fourth-order valence-corrected chi connectivity index (χ4v) is 2.28. The predicted molar refractivity (Wildman–Crippen MR) is 64.1 cm³/mol. The summed E-state index contributed by atoms with van der Waals surface area (Å²) in [5, 5.41) is 0. The highest BCUT2D eigenvalue weighted by Gasteiger charge is 2.22. The molecule has 0 aromatic heterocycles. The van der Waals surface area contributed by atoms with E-state index in [9.17, 15) is 17.6 Å². The van der Waals surface area contributed by atoms with Crippen molar-refractivity contribution in [1.82, 2.24) is 0 Å². The molecule has 0 aliphatic heterocycles. The summed E-state index contributed by atoms with van der Waals surface area (Å²) in [6.45, 7) is 0. The quantitative estimate of drug-likeness (QED) is 0.378. The third-order valence-corrected chi connectivity index (χ3v) is 3.35. The van der Waals surface area contributed by atoms with Gasteiger partial charge in [-0.3, -0.25) is 0 Å². The van der Waals surface area contributed by atoms with E-state index >= 15 is 0 Å². The lowest BCUT2D eigenvalue weighted by Crippen LogP contribution is -2.25. The molecule has 2 N–H and O–H groups in total. The van der Waals surface area contributed by atoms with E-state index in [0.29, 0.717) is 0 Å². The number of hydrogen-bond acceptors (Lipinski definition) is 1. The number of aliphatic imine (C=N–C) groups is 1. The predicted octanol–water partition coefficient (Wildman–Crippen LogP) is 3.81. The molecule has 1 aliphatic rings. The second-order valence-corrected chi connectivity index (χ2v) is 4.69. The van der Waals surface area contributed by atoms with E-state index in [4.69, 9.17) is 5.73 Å². The van der Waals surface area contributed by atoms with Crippen molar-refractivity contribution in [1.29, 1.82) is 0 Å². The lowest BCUT2D eigenvalue weighted by molar-refractivity contribution is 0.435. The van der Waals surface area contributed by atoms with Crippen LogP contribution >= 0.6 is 0 Å². The maximum Gasteiger partial charge on any atom is 0.187 e. The standard InChI is InChI=1S/C13H14F4N2/c14-8-6-9(15)11(17)12(10(8)16)19-13(18)7-4-2-1-3-5-7/h6-7H,1-5H2,(H2,18,19). The maximum atomic E-state index is 13.4. The minimum absolute atomic E-state index is 0.0301. The average Bonchev–Trinajstić information content (AvgIpc) is 2.42. The number of nitrogens with two attached hydrogens (primary N) is 1. The molecule has 0 spiro atoms. The van der Waals surface area contributed by atoms with Crippen molar-refractivity contribution in [3.63, 3.8) is 0 Å².